The summed E-state index contributed by atoms with van der Waals surface area (Å²) in [7, 11) is 0. The number of anilines is 1. The van der Waals surface area contributed by atoms with Gasteiger partial charge in [0.1, 0.15) is 5.01 Å². The molecule has 2 N–H and O–H groups in total. The predicted molar refractivity (Wildman–Crippen MR) is 91.4 cm³/mol. The van der Waals surface area contributed by atoms with Crippen LogP contribution < -0.4 is 5.32 Å². The minimum absolute atomic E-state index is 0.0495. The van der Waals surface area contributed by atoms with Gasteiger partial charge in [0.2, 0.25) is 5.91 Å². The minimum Gasteiger partial charge on any atom is -0.395 e. The van der Waals surface area contributed by atoms with Crippen LogP contribution in [0.2, 0.25) is 0 Å². The van der Waals surface area contributed by atoms with E-state index in [1.807, 2.05) is 35.7 Å². The molecule has 5 nitrogen and oxygen atoms in total. The Morgan fingerprint density at radius 2 is 2.22 bits per heavy atom. The molecule has 1 saturated heterocycles. The van der Waals surface area contributed by atoms with E-state index in [0.717, 1.165) is 42.3 Å². The molecule has 0 radical (unpaired) electrons. The number of thiazole rings is 1. The number of aliphatic hydroxyl groups excluding tert-OH is 1. The van der Waals surface area contributed by atoms with E-state index in [1.165, 1.54) is 11.3 Å². The fourth-order valence-electron chi connectivity index (χ4n) is 2.88. The molecule has 0 unspecified atom stereocenters. The second-order valence-electron chi connectivity index (χ2n) is 5.77. The number of para-hydroxylation sites is 1. The molecule has 2 heterocycles. The van der Waals surface area contributed by atoms with Gasteiger partial charge in [-0.2, -0.15) is 0 Å². The first-order valence-corrected chi connectivity index (χ1v) is 8.75. The lowest BCUT2D eigenvalue weighted by Crippen LogP contribution is -2.31. The third-order valence-electron chi connectivity index (χ3n) is 4.04. The minimum atomic E-state index is -0.0495. The molecular formula is C17H21N3O2S. The number of nitrogens with zero attached hydrogens (tertiary/aromatic N) is 2. The summed E-state index contributed by atoms with van der Waals surface area (Å²) < 4.78 is 0. The van der Waals surface area contributed by atoms with Crippen LogP contribution in [-0.2, 0) is 17.8 Å². The van der Waals surface area contributed by atoms with E-state index in [-0.39, 0.29) is 18.6 Å². The van der Waals surface area contributed by atoms with Gasteiger partial charge in [-0.05, 0) is 31.5 Å². The van der Waals surface area contributed by atoms with Crippen molar-refractivity contribution in [1.29, 1.82) is 0 Å². The number of benzene rings is 1. The summed E-state index contributed by atoms with van der Waals surface area (Å²) in [6.45, 7) is 1.96. The Balaban J connectivity index is 1.54. The van der Waals surface area contributed by atoms with Crippen LogP contribution in [0.25, 0.3) is 0 Å². The van der Waals surface area contributed by atoms with Gasteiger partial charge in [-0.15, -0.1) is 11.3 Å². The van der Waals surface area contributed by atoms with Crippen LogP contribution >= 0.6 is 11.3 Å². The molecular weight excluding hydrogens is 310 g/mol. The van der Waals surface area contributed by atoms with Crippen LogP contribution in [0.3, 0.4) is 0 Å². The Labute approximate surface area is 140 Å². The van der Waals surface area contributed by atoms with Crippen LogP contribution in [0.5, 0.6) is 0 Å². The highest BCUT2D eigenvalue weighted by atomic mass is 32.1. The number of aromatic nitrogens is 1. The molecule has 0 spiro atoms. The number of hydrogen-bond donors (Lipinski definition) is 2. The van der Waals surface area contributed by atoms with Gasteiger partial charge >= 0.3 is 0 Å². The quantitative estimate of drug-likeness (QED) is 0.852. The Morgan fingerprint density at radius 1 is 1.39 bits per heavy atom. The Hall–Kier alpha value is -1.76. The average Bonchev–Trinajstić information content (AvgIpc) is 3.18. The number of hydrogen-bond acceptors (Lipinski definition) is 5. The van der Waals surface area contributed by atoms with Gasteiger partial charge in [-0.1, -0.05) is 18.2 Å². The maximum absolute atomic E-state index is 12.0. The fraction of sp³-hybridized carbons (Fsp3) is 0.412. The summed E-state index contributed by atoms with van der Waals surface area (Å²) in [4.78, 5) is 18.9. The Bertz CT molecular complexity index is 644. The van der Waals surface area contributed by atoms with Crippen LogP contribution in [-0.4, -0.2) is 40.1 Å². The number of likely N-dealkylation sites (tertiary alicyclic amines) is 1. The van der Waals surface area contributed by atoms with Gasteiger partial charge in [0, 0.05) is 23.7 Å². The number of nitrogens with one attached hydrogen (secondary N) is 1. The van der Waals surface area contributed by atoms with Crippen LogP contribution in [0.1, 0.15) is 23.5 Å². The normalized spacial score (nSPS) is 18.2. The van der Waals surface area contributed by atoms with Crippen molar-refractivity contribution in [3.8, 4) is 0 Å². The summed E-state index contributed by atoms with van der Waals surface area (Å²) in [5, 5.41) is 15.1. The van der Waals surface area contributed by atoms with Gasteiger partial charge in [-0.25, -0.2) is 4.98 Å². The van der Waals surface area contributed by atoms with E-state index in [1.54, 1.807) is 0 Å². The summed E-state index contributed by atoms with van der Waals surface area (Å²) in [6.07, 6.45) is 2.47. The van der Waals surface area contributed by atoms with Crippen molar-refractivity contribution < 1.29 is 9.90 Å². The molecule has 1 aliphatic heterocycles. The second-order valence-corrected chi connectivity index (χ2v) is 6.72. The first-order chi connectivity index (χ1) is 11.2. The van der Waals surface area contributed by atoms with Gasteiger partial charge in [-0.3, -0.25) is 9.69 Å². The monoisotopic (exact) mass is 331 g/mol. The largest absolute Gasteiger partial charge is 0.395 e. The lowest BCUT2D eigenvalue weighted by Gasteiger charge is -2.21. The van der Waals surface area contributed by atoms with E-state index < -0.39 is 0 Å². The lowest BCUT2D eigenvalue weighted by molar-refractivity contribution is -0.115. The highest BCUT2D eigenvalue weighted by Crippen LogP contribution is 2.21. The molecule has 1 atom stereocenters. The zero-order chi connectivity index (χ0) is 16.1. The number of aliphatic hydroxyl groups is 1. The van der Waals surface area contributed by atoms with E-state index in [2.05, 4.69) is 15.2 Å². The molecule has 1 fully saturated rings. The Morgan fingerprint density at radius 3 is 3.00 bits per heavy atom. The average molecular weight is 331 g/mol. The van der Waals surface area contributed by atoms with Crippen molar-refractivity contribution in [3.05, 3.63) is 46.4 Å². The molecule has 122 valence electrons. The molecule has 3 rings (SSSR count). The van der Waals surface area contributed by atoms with Crippen molar-refractivity contribution in [2.75, 3.05) is 18.5 Å². The lowest BCUT2D eigenvalue weighted by atomic mass is 10.2. The fourth-order valence-corrected chi connectivity index (χ4v) is 3.67. The van der Waals surface area contributed by atoms with Gasteiger partial charge in [0.25, 0.3) is 0 Å². The predicted octanol–water partition coefficient (Wildman–Crippen LogP) is 2.28. The third kappa shape index (κ3) is 4.37. The number of carbonyl (C=O) groups is 1. The number of amides is 1. The summed E-state index contributed by atoms with van der Waals surface area (Å²) in [5.74, 6) is -0.0495. The SMILES string of the molecule is O=C(Cc1nc(CN2CCC[C@H]2CO)cs1)Nc1ccccc1. The van der Waals surface area contributed by atoms with Crippen molar-refractivity contribution in [2.45, 2.75) is 31.8 Å². The van der Waals surface area contributed by atoms with Crippen LogP contribution in [0, 0.1) is 0 Å². The smallest absolute Gasteiger partial charge is 0.231 e. The van der Waals surface area contributed by atoms with E-state index >= 15 is 0 Å². The summed E-state index contributed by atoms with van der Waals surface area (Å²) >= 11 is 1.52. The van der Waals surface area contributed by atoms with Gasteiger partial charge < -0.3 is 10.4 Å². The summed E-state index contributed by atoms with van der Waals surface area (Å²) in [5.41, 5.74) is 1.79. The summed E-state index contributed by atoms with van der Waals surface area (Å²) in [6, 6.07) is 9.69. The first-order valence-electron chi connectivity index (χ1n) is 7.87. The first kappa shape index (κ1) is 16.1. The number of rotatable bonds is 6. The van der Waals surface area contributed by atoms with E-state index in [0.29, 0.717) is 6.42 Å². The van der Waals surface area contributed by atoms with E-state index in [9.17, 15) is 9.90 Å². The highest BCUT2D eigenvalue weighted by Gasteiger charge is 2.24. The van der Waals surface area contributed by atoms with Crippen LogP contribution in [0.15, 0.2) is 35.7 Å². The van der Waals surface area contributed by atoms with Crippen molar-refractivity contribution >= 4 is 22.9 Å². The molecule has 23 heavy (non-hydrogen) atoms. The topological polar surface area (TPSA) is 65.5 Å². The molecule has 2 aromatic rings. The molecule has 1 aliphatic rings. The van der Waals surface area contributed by atoms with Gasteiger partial charge in [0.15, 0.2) is 0 Å². The molecule has 0 saturated carbocycles. The number of carbonyl (C=O) groups excluding carboxylic acids is 1. The van der Waals surface area contributed by atoms with Crippen LogP contribution in [0.4, 0.5) is 5.69 Å². The molecule has 0 bridgehead atoms. The standard InChI is InChI=1S/C17H21N3O2S/c21-11-15-7-4-8-20(15)10-14-12-23-17(19-14)9-16(22)18-13-5-2-1-3-6-13/h1-3,5-6,12,15,21H,4,7-11H2,(H,18,22)/t15-/m0/s1. The van der Waals surface area contributed by atoms with Crippen molar-refractivity contribution in [2.24, 2.45) is 0 Å². The molecule has 0 aliphatic carbocycles. The molecule has 1 aromatic heterocycles. The van der Waals surface area contributed by atoms with Crippen molar-refractivity contribution in [1.82, 2.24) is 9.88 Å². The maximum atomic E-state index is 12.0. The zero-order valence-corrected chi connectivity index (χ0v) is 13.8. The molecule has 1 amide bonds. The zero-order valence-electron chi connectivity index (χ0n) is 12.9. The third-order valence-corrected chi connectivity index (χ3v) is 4.94. The second kappa shape index (κ2) is 7.68. The molecule has 6 heteroatoms. The van der Waals surface area contributed by atoms with Crippen molar-refractivity contribution in [3.63, 3.8) is 0 Å². The highest BCUT2D eigenvalue weighted by molar-refractivity contribution is 7.09. The van der Waals surface area contributed by atoms with E-state index in [4.69, 9.17) is 0 Å². The maximum Gasteiger partial charge on any atom is 0.231 e. The Kier molecular flexibility index (Phi) is 5.38. The molecule has 1 aromatic carbocycles. The van der Waals surface area contributed by atoms with Gasteiger partial charge in [0.05, 0.1) is 18.7 Å².